The molecule has 1 aliphatic carbocycles. The van der Waals surface area contributed by atoms with Crippen molar-refractivity contribution in [1.82, 2.24) is 9.62 Å². The zero-order valence-corrected chi connectivity index (χ0v) is 22.4. The van der Waals surface area contributed by atoms with Crippen LogP contribution in [0, 0.1) is 11.3 Å². The second kappa shape index (κ2) is 11.6. The number of amidine groups is 1. The van der Waals surface area contributed by atoms with Gasteiger partial charge in [0.15, 0.2) is 0 Å². The molecule has 2 fully saturated rings. The molecule has 1 heterocycles. The lowest BCUT2D eigenvalue weighted by Gasteiger charge is -2.45. The molecule has 1 aliphatic heterocycles. The molecule has 0 radical (unpaired) electrons. The van der Waals surface area contributed by atoms with E-state index in [1.807, 2.05) is 30.3 Å². The van der Waals surface area contributed by atoms with Crippen LogP contribution in [-0.2, 0) is 10.0 Å². The minimum atomic E-state index is -3.47. The highest BCUT2D eigenvalue weighted by Gasteiger charge is 2.43. The third-order valence-corrected chi connectivity index (χ3v) is 10.4. The largest absolute Gasteiger partial charge is 0.384 e. The summed E-state index contributed by atoms with van der Waals surface area (Å²) in [5.41, 5.74) is 7.19. The summed E-state index contributed by atoms with van der Waals surface area (Å²) >= 11 is 0. The van der Waals surface area contributed by atoms with Gasteiger partial charge in [-0.25, -0.2) is 17.5 Å². The normalized spacial score (nSPS) is 19.9. The number of nitrogens with two attached hydrogens (primary N) is 1. The first kappa shape index (κ1) is 27.1. The highest BCUT2D eigenvalue weighted by Crippen LogP contribution is 2.40. The number of hydrogen-bond acceptors (Lipinski definition) is 4. The number of piperidine rings is 1. The van der Waals surface area contributed by atoms with Crippen molar-refractivity contribution in [2.75, 3.05) is 18.4 Å². The summed E-state index contributed by atoms with van der Waals surface area (Å²) < 4.78 is 28.4. The van der Waals surface area contributed by atoms with Crippen LogP contribution in [0.2, 0.25) is 0 Å². The maximum absolute atomic E-state index is 13.4. The van der Waals surface area contributed by atoms with Gasteiger partial charge in [0.2, 0.25) is 10.0 Å². The number of benzene rings is 2. The van der Waals surface area contributed by atoms with E-state index in [1.54, 1.807) is 35.5 Å². The van der Waals surface area contributed by atoms with E-state index in [9.17, 15) is 13.2 Å². The topological polar surface area (TPSA) is 128 Å². The van der Waals surface area contributed by atoms with Crippen LogP contribution in [0.15, 0.2) is 54.6 Å². The Labute approximate surface area is 220 Å². The fourth-order valence-corrected chi connectivity index (χ4v) is 7.60. The smallest absolute Gasteiger partial charge is 0.319 e. The first-order valence-corrected chi connectivity index (χ1v) is 14.8. The van der Waals surface area contributed by atoms with Crippen LogP contribution in [0.25, 0.3) is 0 Å². The standard InChI is InChI=1S/C28H39N5O3S/c1-21(22-10-5-4-6-11-22)37(35,36)33-18-14-24(15-19-33)28(16-7-2-3-8-17-28)32-27(34)31-25-13-9-12-23(20-25)26(29)30/h4-6,9-13,20-21,24H,2-3,7-8,14-19H2,1H3,(H3,29,30)(H2,31,32,34). The third kappa shape index (κ3) is 6.33. The maximum atomic E-state index is 13.4. The minimum Gasteiger partial charge on any atom is -0.384 e. The second-order valence-electron chi connectivity index (χ2n) is 10.4. The van der Waals surface area contributed by atoms with Gasteiger partial charge >= 0.3 is 6.03 Å². The zero-order chi connectivity index (χ0) is 26.5. The van der Waals surface area contributed by atoms with Gasteiger partial charge in [-0.1, -0.05) is 68.1 Å². The molecule has 37 heavy (non-hydrogen) atoms. The number of nitrogen functional groups attached to an aromatic ring is 1. The molecule has 1 atom stereocenters. The van der Waals surface area contributed by atoms with Crippen molar-refractivity contribution in [3.63, 3.8) is 0 Å². The first-order valence-electron chi connectivity index (χ1n) is 13.3. The molecule has 4 rings (SSSR count). The number of amides is 2. The van der Waals surface area contributed by atoms with Crippen molar-refractivity contribution in [2.24, 2.45) is 11.7 Å². The van der Waals surface area contributed by atoms with Crippen LogP contribution in [-0.4, -0.2) is 43.2 Å². The number of anilines is 1. The number of hydrogen-bond donors (Lipinski definition) is 4. The lowest BCUT2D eigenvalue weighted by molar-refractivity contribution is 0.130. The molecule has 2 amide bonds. The van der Waals surface area contributed by atoms with Crippen LogP contribution in [0.1, 0.15) is 74.7 Å². The van der Waals surface area contributed by atoms with E-state index in [-0.39, 0.29) is 23.3 Å². The summed E-state index contributed by atoms with van der Waals surface area (Å²) in [7, 11) is -3.47. The molecule has 2 aromatic rings. The van der Waals surface area contributed by atoms with Crippen molar-refractivity contribution in [3.8, 4) is 0 Å². The Morgan fingerprint density at radius 3 is 2.30 bits per heavy atom. The number of urea groups is 1. The van der Waals surface area contributed by atoms with Crippen molar-refractivity contribution in [3.05, 3.63) is 65.7 Å². The second-order valence-corrected chi connectivity index (χ2v) is 12.7. The Balaban J connectivity index is 1.45. The molecule has 0 bridgehead atoms. The molecular weight excluding hydrogens is 486 g/mol. The average Bonchev–Trinajstić information content (AvgIpc) is 3.15. The van der Waals surface area contributed by atoms with E-state index < -0.39 is 15.3 Å². The number of nitrogens with zero attached hydrogens (tertiary/aromatic N) is 1. The summed E-state index contributed by atoms with van der Waals surface area (Å²) in [6, 6.07) is 16.1. The van der Waals surface area contributed by atoms with Crippen LogP contribution < -0.4 is 16.4 Å². The Morgan fingerprint density at radius 1 is 1.03 bits per heavy atom. The molecule has 9 heteroatoms. The summed E-state index contributed by atoms with van der Waals surface area (Å²) in [4.78, 5) is 13.2. The predicted octanol–water partition coefficient (Wildman–Crippen LogP) is 4.99. The average molecular weight is 526 g/mol. The van der Waals surface area contributed by atoms with Gasteiger partial charge in [0.25, 0.3) is 0 Å². The van der Waals surface area contributed by atoms with E-state index in [4.69, 9.17) is 11.1 Å². The number of carbonyl (C=O) groups is 1. The molecule has 2 aromatic carbocycles. The van der Waals surface area contributed by atoms with Crippen molar-refractivity contribution >= 4 is 27.6 Å². The Morgan fingerprint density at radius 2 is 1.68 bits per heavy atom. The summed E-state index contributed by atoms with van der Waals surface area (Å²) in [6.07, 6.45) is 7.62. The highest BCUT2D eigenvalue weighted by atomic mass is 32.2. The number of sulfonamides is 1. The molecule has 0 spiro atoms. The molecule has 8 nitrogen and oxygen atoms in total. The quantitative estimate of drug-likeness (QED) is 0.231. The highest BCUT2D eigenvalue weighted by molar-refractivity contribution is 7.89. The van der Waals surface area contributed by atoms with Gasteiger partial charge in [0, 0.05) is 29.9 Å². The van der Waals surface area contributed by atoms with E-state index in [1.165, 1.54) is 0 Å². The predicted molar refractivity (Wildman–Crippen MR) is 148 cm³/mol. The molecule has 1 saturated heterocycles. The summed E-state index contributed by atoms with van der Waals surface area (Å²) in [5, 5.41) is 13.3. The molecule has 200 valence electrons. The SMILES string of the molecule is CC(c1ccccc1)S(=O)(=O)N1CCC(C2(NC(=O)Nc3cccc(C(=N)N)c3)CCCCCC2)CC1. The lowest BCUT2D eigenvalue weighted by Crippen LogP contribution is -2.57. The molecule has 1 unspecified atom stereocenters. The molecule has 5 N–H and O–H groups in total. The van der Waals surface area contributed by atoms with E-state index >= 15 is 0 Å². The Bertz CT molecular complexity index is 1190. The summed E-state index contributed by atoms with van der Waals surface area (Å²) in [6.45, 7) is 2.70. The lowest BCUT2D eigenvalue weighted by atomic mass is 9.73. The molecule has 0 aromatic heterocycles. The van der Waals surface area contributed by atoms with Crippen molar-refractivity contribution in [2.45, 2.75) is 69.1 Å². The fraction of sp³-hybridized carbons (Fsp3) is 0.500. The zero-order valence-electron chi connectivity index (χ0n) is 21.6. The van der Waals surface area contributed by atoms with Gasteiger partial charge in [0.1, 0.15) is 5.84 Å². The van der Waals surface area contributed by atoms with Crippen molar-refractivity contribution in [1.29, 1.82) is 5.41 Å². The van der Waals surface area contributed by atoms with Crippen LogP contribution in [0.3, 0.4) is 0 Å². The van der Waals surface area contributed by atoms with Crippen LogP contribution in [0.5, 0.6) is 0 Å². The Hall–Kier alpha value is -2.91. The monoisotopic (exact) mass is 525 g/mol. The first-order chi connectivity index (χ1) is 17.7. The molecule has 1 saturated carbocycles. The van der Waals surface area contributed by atoms with E-state index in [2.05, 4.69) is 10.6 Å². The van der Waals surface area contributed by atoms with Crippen LogP contribution >= 0.6 is 0 Å². The van der Waals surface area contributed by atoms with Crippen LogP contribution in [0.4, 0.5) is 10.5 Å². The van der Waals surface area contributed by atoms with Gasteiger partial charge in [-0.2, -0.15) is 0 Å². The number of rotatable bonds is 7. The summed E-state index contributed by atoms with van der Waals surface area (Å²) in [5.74, 6) is 0.158. The van der Waals surface area contributed by atoms with Gasteiger partial charge < -0.3 is 16.4 Å². The molecule has 2 aliphatic rings. The van der Waals surface area contributed by atoms with E-state index in [0.717, 1.165) is 56.9 Å². The molecular formula is C28H39N5O3S. The fourth-order valence-electron chi connectivity index (χ4n) is 5.93. The number of carbonyl (C=O) groups excluding carboxylic acids is 1. The van der Waals surface area contributed by atoms with Gasteiger partial charge in [-0.15, -0.1) is 0 Å². The minimum absolute atomic E-state index is 0.0485. The van der Waals surface area contributed by atoms with Crippen molar-refractivity contribution < 1.29 is 13.2 Å². The van der Waals surface area contributed by atoms with E-state index in [0.29, 0.717) is 24.3 Å². The third-order valence-electron chi connectivity index (χ3n) is 8.10. The maximum Gasteiger partial charge on any atom is 0.319 e. The van der Waals surface area contributed by atoms with Gasteiger partial charge in [-0.05, 0) is 56.2 Å². The Kier molecular flexibility index (Phi) is 8.54. The number of nitrogens with one attached hydrogen (secondary N) is 3. The van der Waals surface area contributed by atoms with Gasteiger partial charge in [0.05, 0.1) is 5.25 Å². The van der Waals surface area contributed by atoms with Gasteiger partial charge in [-0.3, -0.25) is 5.41 Å².